The first-order valence-corrected chi connectivity index (χ1v) is 6.78. The minimum atomic E-state index is -3.45. The van der Waals surface area contributed by atoms with Crippen molar-refractivity contribution in [1.82, 2.24) is 9.71 Å². The molecule has 0 spiro atoms. The van der Waals surface area contributed by atoms with Gasteiger partial charge in [-0.15, -0.1) is 0 Å². The molecule has 1 heterocycles. The highest BCUT2D eigenvalue weighted by molar-refractivity contribution is 7.89. The maximum absolute atomic E-state index is 11.8. The van der Waals surface area contributed by atoms with E-state index in [-0.39, 0.29) is 4.90 Å². The van der Waals surface area contributed by atoms with Crippen LogP contribution in [0.1, 0.15) is 20.3 Å². The summed E-state index contributed by atoms with van der Waals surface area (Å²) in [7, 11) is -3.45. The van der Waals surface area contributed by atoms with Gasteiger partial charge in [0.1, 0.15) is 10.7 Å². The van der Waals surface area contributed by atoms with Crippen molar-refractivity contribution in [3.63, 3.8) is 0 Å². The molecule has 0 saturated carbocycles. The summed E-state index contributed by atoms with van der Waals surface area (Å²) in [5, 5.41) is 3.00. The molecule has 0 unspecified atom stereocenters. The number of nitrogens with zero attached hydrogens (tertiary/aromatic N) is 1. The van der Waals surface area contributed by atoms with Crippen molar-refractivity contribution in [1.29, 1.82) is 0 Å². The minimum Gasteiger partial charge on any atom is -0.369 e. The molecule has 0 bridgehead atoms. The highest BCUT2D eigenvalue weighted by Gasteiger charge is 2.17. The molecule has 0 aliphatic rings. The third-order valence-corrected chi connectivity index (χ3v) is 3.51. The van der Waals surface area contributed by atoms with Gasteiger partial charge in [-0.05, 0) is 18.6 Å². The molecule has 0 atom stereocenters. The number of nitrogens with one attached hydrogen (secondary N) is 2. The highest BCUT2D eigenvalue weighted by Crippen LogP contribution is 2.17. The van der Waals surface area contributed by atoms with Crippen LogP contribution >= 0.6 is 0 Å². The standard InChI is InChI=1S/C10H17N3O2S/c1-3-7-11-10-9(6-5-8-12-10)16(14,15)13-4-2/h5-6,8,13H,3-4,7H2,1-2H3,(H,11,12). The lowest BCUT2D eigenvalue weighted by atomic mass is 10.4. The Kier molecular flexibility index (Phi) is 4.70. The fraction of sp³-hybridized carbons (Fsp3) is 0.500. The summed E-state index contributed by atoms with van der Waals surface area (Å²) in [5.74, 6) is 0.408. The van der Waals surface area contributed by atoms with E-state index >= 15 is 0 Å². The molecule has 0 aliphatic carbocycles. The van der Waals surface area contributed by atoms with E-state index in [4.69, 9.17) is 0 Å². The Hall–Kier alpha value is -1.14. The lowest BCUT2D eigenvalue weighted by Crippen LogP contribution is -2.24. The van der Waals surface area contributed by atoms with Crippen LogP contribution in [0.15, 0.2) is 23.2 Å². The van der Waals surface area contributed by atoms with Crippen LogP contribution in [0.2, 0.25) is 0 Å². The van der Waals surface area contributed by atoms with Crippen molar-refractivity contribution < 1.29 is 8.42 Å². The molecule has 1 aromatic heterocycles. The normalized spacial score (nSPS) is 11.4. The molecule has 0 fully saturated rings. The first-order chi connectivity index (χ1) is 7.61. The van der Waals surface area contributed by atoms with Crippen molar-refractivity contribution in [3.8, 4) is 0 Å². The monoisotopic (exact) mass is 243 g/mol. The van der Waals surface area contributed by atoms with Gasteiger partial charge in [-0.25, -0.2) is 18.1 Å². The number of hydrogen-bond acceptors (Lipinski definition) is 4. The van der Waals surface area contributed by atoms with Gasteiger partial charge in [-0.2, -0.15) is 0 Å². The zero-order valence-electron chi connectivity index (χ0n) is 9.53. The van der Waals surface area contributed by atoms with Gasteiger partial charge in [0.25, 0.3) is 0 Å². The molecule has 0 saturated heterocycles. The largest absolute Gasteiger partial charge is 0.369 e. The number of anilines is 1. The third kappa shape index (κ3) is 3.18. The summed E-state index contributed by atoms with van der Waals surface area (Å²) < 4.78 is 26.1. The summed E-state index contributed by atoms with van der Waals surface area (Å²) in [5.41, 5.74) is 0. The van der Waals surface area contributed by atoms with Crippen LogP contribution < -0.4 is 10.0 Å². The molecule has 6 heteroatoms. The summed E-state index contributed by atoms with van der Waals surface area (Å²) in [6.45, 7) is 4.82. The van der Waals surface area contributed by atoms with E-state index in [9.17, 15) is 8.42 Å². The van der Waals surface area contributed by atoms with Crippen LogP contribution in [0.5, 0.6) is 0 Å². The van der Waals surface area contributed by atoms with Gasteiger partial charge in [0, 0.05) is 19.3 Å². The van der Waals surface area contributed by atoms with E-state index in [1.165, 1.54) is 0 Å². The predicted molar refractivity (Wildman–Crippen MR) is 63.9 cm³/mol. The quantitative estimate of drug-likeness (QED) is 0.787. The van der Waals surface area contributed by atoms with Gasteiger partial charge in [0.05, 0.1) is 0 Å². The van der Waals surface area contributed by atoms with Gasteiger partial charge in [-0.3, -0.25) is 0 Å². The van der Waals surface area contributed by atoms with Crippen LogP contribution in [0.25, 0.3) is 0 Å². The lowest BCUT2D eigenvalue weighted by Gasteiger charge is -2.10. The van der Waals surface area contributed by atoms with Crippen molar-refractivity contribution in [2.45, 2.75) is 25.2 Å². The Morgan fingerprint density at radius 2 is 2.12 bits per heavy atom. The molecule has 1 rings (SSSR count). The summed E-state index contributed by atoms with van der Waals surface area (Å²) in [4.78, 5) is 4.23. The van der Waals surface area contributed by atoms with Gasteiger partial charge >= 0.3 is 0 Å². The van der Waals surface area contributed by atoms with E-state index in [0.29, 0.717) is 18.9 Å². The van der Waals surface area contributed by atoms with E-state index in [1.54, 1.807) is 25.3 Å². The third-order valence-electron chi connectivity index (χ3n) is 1.94. The maximum atomic E-state index is 11.8. The average Bonchev–Trinajstić information content (AvgIpc) is 2.26. The average molecular weight is 243 g/mol. The van der Waals surface area contributed by atoms with Crippen molar-refractivity contribution in [2.24, 2.45) is 0 Å². The van der Waals surface area contributed by atoms with Crippen LogP contribution in [-0.2, 0) is 10.0 Å². The molecule has 0 aromatic carbocycles. The van der Waals surface area contributed by atoms with E-state index in [2.05, 4.69) is 15.0 Å². The minimum absolute atomic E-state index is 0.199. The number of hydrogen-bond donors (Lipinski definition) is 2. The second kappa shape index (κ2) is 5.81. The molecule has 1 aromatic rings. The zero-order chi connectivity index (χ0) is 12.0. The molecule has 90 valence electrons. The molecular formula is C10H17N3O2S. The predicted octanol–water partition coefficient (Wildman–Crippen LogP) is 1.20. The topological polar surface area (TPSA) is 71.1 Å². The molecule has 0 radical (unpaired) electrons. The Labute approximate surface area is 96.3 Å². The number of rotatable bonds is 6. The Morgan fingerprint density at radius 1 is 1.38 bits per heavy atom. The molecule has 5 nitrogen and oxygen atoms in total. The second-order valence-electron chi connectivity index (χ2n) is 3.28. The van der Waals surface area contributed by atoms with Crippen LogP contribution in [0.3, 0.4) is 0 Å². The first-order valence-electron chi connectivity index (χ1n) is 5.30. The van der Waals surface area contributed by atoms with Crippen molar-refractivity contribution in [2.75, 3.05) is 18.4 Å². The van der Waals surface area contributed by atoms with Crippen LogP contribution in [0, 0.1) is 0 Å². The Balaban J connectivity index is 3.03. The molecule has 0 amide bonds. The smallest absolute Gasteiger partial charge is 0.244 e. The molecule has 2 N–H and O–H groups in total. The zero-order valence-corrected chi connectivity index (χ0v) is 10.3. The number of pyridine rings is 1. The van der Waals surface area contributed by atoms with Gasteiger partial charge in [-0.1, -0.05) is 13.8 Å². The molecule has 0 aliphatic heterocycles. The maximum Gasteiger partial charge on any atom is 0.244 e. The SMILES string of the molecule is CCCNc1ncccc1S(=O)(=O)NCC. The van der Waals surface area contributed by atoms with Crippen LogP contribution in [-0.4, -0.2) is 26.5 Å². The van der Waals surface area contributed by atoms with Crippen molar-refractivity contribution in [3.05, 3.63) is 18.3 Å². The van der Waals surface area contributed by atoms with E-state index < -0.39 is 10.0 Å². The van der Waals surface area contributed by atoms with E-state index in [1.807, 2.05) is 6.92 Å². The fourth-order valence-electron chi connectivity index (χ4n) is 1.25. The summed E-state index contributed by atoms with van der Waals surface area (Å²) in [6, 6.07) is 3.16. The van der Waals surface area contributed by atoms with Crippen LogP contribution in [0.4, 0.5) is 5.82 Å². The van der Waals surface area contributed by atoms with Gasteiger partial charge in [0.2, 0.25) is 10.0 Å². The Morgan fingerprint density at radius 3 is 2.75 bits per heavy atom. The fourth-order valence-corrected chi connectivity index (χ4v) is 2.42. The van der Waals surface area contributed by atoms with E-state index in [0.717, 1.165) is 6.42 Å². The molecule has 16 heavy (non-hydrogen) atoms. The summed E-state index contributed by atoms with van der Waals surface area (Å²) >= 11 is 0. The summed E-state index contributed by atoms with van der Waals surface area (Å²) in [6.07, 6.45) is 2.49. The van der Waals surface area contributed by atoms with Gasteiger partial charge < -0.3 is 5.32 Å². The van der Waals surface area contributed by atoms with Crippen molar-refractivity contribution >= 4 is 15.8 Å². The second-order valence-corrected chi connectivity index (χ2v) is 5.01. The lowest BCUT2D eigenvalue weighted by molar-refractivity contribution is 0.584. The number of aromatic nitrogens is 1. The molecular weight excluding hydrogens is 226 g/mol. The van der Waals surface area contributed by atoms with Gasteiger partial charge in [0.15, 0.2) is 0 Å². The number of sulfonamides is 1. The highest BCUT2D eigenvalue weighted by atomic mass is 32.2. The first kappa shape index (κ1) is 12.9. The Bertz CT molecular complexity index is 431.